The van der Waals surface area contributed by atoms with Crippen LogP contribution in [0.2, 0.25) is 5.02 Å². The van der Waals surface area contributed by atoms with E-state index in [0.717, 1.165) is 5.39 Å². The monoisotopic (exact) mass is 460 g/mol. The first-order valence-electron chi connectivity index (χ1n) is 10.5. The molecule has 2 fully saturated rings. The Kier molecular flexibility index (Phi) is 4.51. The first-order chi connectivity index (χ1) is 15.3. The van der Waals surface area contributed by atoms with Gasteiger partial charge >= 0.3 is 0 Å². The number of nitrogens with zero attached hydrogens (tertiary/aromatic N) is 3. The molecule has 0 bridgehead atoms. The van der Waals surface area contributed by atoms with Crippen LogP contribution < -0.4 is 5.73 Å². The number of rotatable bonds is 2. The van der Waals surface area contributed by atoms with Gasteiger partial charge < -0.3 is 29.2 Å². The van der Waals surface area contributed by atoms with E-state index in [1.54, 1.807) is 18.2 Å². The van der Waals surface area contributed by atoms with E-state index in [0.29, 0.717) is 27.6 Å². The van der Waals surface area contributed by atoms with Crippen LogP contribution in [0.1, 0.15) is 43.5 Å². The first kappa shape index (κ1) is 20.3. The zero-order valence-corrected chi connectivity index (χ0v) is 18.2. The number of hydrogen-bond acceptors (Lipinski definition) is 7. The van der Waals surface area contributed by atoms with Crippen molar-refractivity contribution in [3.63, 3.8) is 0 Å². The summed E-state index contributed by atoms with van der Waals surface area (Å²) in [5.74, 6) is -0.425. The molecular formula is C22H22ClFN4O4. The third-order valence-electron chi connectivity index (χ3n) is 6.29. The number of aromatic nitrogens is 3. The molecule has 3 aliphatic heterocycles. The molecular weight excluding hydrogens is 439 g/mol. The molecule has 0 amide bonds. The number of nitrogens with two attached hydrogens (primary N) is 1. The van der Waals surface area contributed by atoms with Gasteiger partial charge in [0.1, 0.15) is 48.4 Å². The SMILES string of the molecule is CC1(C)O[C@@H]2[C@H](O1)C([C@@H]1OC[C@@H](F)c3cc(Cl)ccc31)O[C@H]2n1ccc2c(N)ncnc21. The maximum atomic E-state index is 14.6. The summed E-state index contributed by atoms with van der Waals surface area (Å²) >= 11 is 6.13. The lowest BCUT2D eigenvalue weighted by Crippen LogP contribution is -2.37. The molecule has 6 rings (SSSR count). The zero-order chi connectivity index (χ0) is 22.2. The molecule has 0 saturated carbocycles. The van der Waals surface area contributed by atoms with Gasteiger partial charge in [0.05, 0.1) is 12.0 Å². The van der Waals surface area contributed by atoms with Gasteiger partial charge in [0.2, 0.25) is 0 Å². The summed E-state index contributed by atoms with van der Waals surface area (Å²) < 4.78 is 41.4. The number of anilines is 1. The molecule has 1 unspecified atom stereocenters. The molecule has 2 saturated heterocycles. The predicted octanol–water partition coefficient (Wildman–Crippen LogP) is 3.87. The van der Waals surface area contributed by atoms with E-state index >= 15 is 0 Å². The van der Waals surface area contributed by atoms with Crippen LogP contribution in [0.15, 0.2) is 36.8 Å². The fraction of sp³-hybridized carbons (Fsp3) is 0.455. The molecule has 3 aliphatic rings. The van der Waals surface area contributed by atoms with E-state index in [1.807, 2.05) is 30.7 Å². The third-order valence-corrected chi connectivity index (χ3v) is 6.53. The zero-order valence-electron chi connectivity index (χ0n) is 17.4. The lowest BCUT2D eigenvalue weighted by molar-refractivity contribution is -0.214. The summed E-state index contributed by atoms with van der Waals surface area (Å²) in [6.07, 6.45) is -0.456. The Morgan fingerprint density at radius 2 is 1.94 bits per heavy atom. The van der Waals surface area contributed by atoms with Crippen LogP contribution >= 0.6 is 11.6 Å². The van der Waals surface area contributed by atoms with E-state index in [-0.39, 0.29) is 6.61 Å². The van der Waals surface area contributed by atoms with Crippen LogP contribution in [0.5, 0.6) is 0 Å². The number of fused-ring (bicyclic) bond motifs is 3. The van der Waals surface area contributed by atoms with Gasteiger partial charge in [-0.05, 0) is 43.2 Å². The summed E-state index contributed by atoms with van der Waals surface area (Å²) in [6.45, 7) is 3.64. The van der Waals surface area contributed by atoms with Crippen molar-refractivity contribution in [2.45, 2.75) is 56.5 Å². The van der Waals surface area contributed by atoms with Crippen molar-refractivity contribution in [1.82, 2.24) is 14.5 Å². The highest BCUT2D eigenvalue weighted by molar-refractivity contribution is 6.30. The van der Waals surface area contributed by atoms with Crippen LogP contribution in [0.25, 0.3) is 11.0 Å². The quantitative estimate of drug-likeness (QED) is 0.620. The number of halogens is 2. The van der Waals surface area contributed by atoms with Crippen molar-refractivity contribution >= 4 is 28.5 Å². The number of benzene rings is 1. The average Bonchev–Trinajstić information content (AvgIpc) is 3.40. The fourth-order valence-electron chi connectivity index (χ4n) is 4.99. The third kappa shape index (κ3) is 3.03. The van der Waals surface area contributed by atoms with Gasteiger partial charge in [-0.1, -0.05) is 17.7 Å². The molecule has 0 spiro atoms. The lowest BCUT2D eigenvalue weighted by atomic mass is 9.91. The lowest BCUT2D eigenvalue weighted by Gasteiger charge is -2.34. The Balaban J connectivity index is 1.42. The topological polar surface area (TPSA) is 93.7 Å². The molecule has 5 heterocycles. The highest BCUT2D eigenvalue weighted by Gasteiger charge is 2.59. The predicted molar refractivity (Wildman–Crippen MR) is 114 cm³/mol. The van der Waals surface area contributed by atoms with Crippen LogP contribution in [0.3, 0.4) is 0 Å². The number of ether oxygens (including phenoxy) is 4. The molecule has 168 valence electrons. The van der Waals surface area contributed by atoms with Crippen molar-refractivity contribution < 1.29 is 23.3 Å². The highest BCUT2D eigenvalue weighted by atomic mass is 35.5. The van der Waals surface area contributed by atoms with Gasteiger partial charge in [0, 0.05) is 11.2 Å². The van der Waals surface area contributed by atoms with Crippen LogP contribution in [0.4, 0.5) is 10.2 Å². The van der Waals surface area contributed by atoms with Crippen molar-refractivity contribution in [2.24, 2.45) is 0 Å². The Bertz CT molecular complexity index is 1200. The van der Waals surface area contributed by atoms with Gasteiger partial charge in [-0.15, -0.1) is 0 Å². The molecule has 2 N–H and O–H groups in total. The maximum absolute atomic E-state index is 14.6. The maximum Gasteiger partial charge on any atom is 0.164 e. The summed E-state index contributed by atoms with van der Waals surface area (Å²) in [4.78, 5) is 8.44. The largest absolute Gasteiger partial charge is 0.383 e. The van der Waals surface area contributed by atoms with Gasteiger partial charge in [-0.2, -0.15) is 0 Å². The molecule has 32 heavy (non-hydrogen) atoms. The highest BCUT2D eigenvalue weighted by Crippen LogP contribution is 2.50. The second-order valence-corrected chi connectivity index (χ2v) is 9.21. The molecule has 1 aromatic carbocycles. The number of nitrogen functional groups attached to an aromatic ring is 1. The van der Waals surface area contributed by atoms with Gasteiger partial charge in [-0.3, -0.25) is 0 Å². The molecule has 0 radical (unpaired) electrons. The summed E-state index contributed by atoms with van der Waals surface area (Å²) in [7, 11) is 0. The second-order valence-electron chi connectivity index (χ2n) is 8.77. The van der Waals surface area contributed by atoms with Crippen LogP contribution in [-0.4, -0.2) is 45.2 Å². The Morgan fingerprint density at radius 3 is 2.78 bits per heavy atom. The minimum Gasteiger partial charge on any atom is -0.383 e. The van der Waals surface area contributed by atoms with E-state index in [2.05, 4.69) is 9.97 Å². The molecule has 6 atom stereocenters. The van der Waals surface area contributed by atoms with Crippen molar-refractivity contribution in [1.29, 1.82) is 0 Å². The van der Waals surface area contributed by atoms with Crippen LogP contribution in [0, 0.1) is 0 Å². The summed E-state index contributed by atoms with van der Waals surface area (Å²) in [5.41, 5.74) is 7.87. The van der Waals surface area contributed by atoms with E-state index in [1.165, 1.54) is 6.33 Å². The number of hydrogen-bond donors (Lipinski definition) is 1. The average molecular weight is 461 g/mol. The molecule has 3 aromatic rings. The Labute approximate surface area is 188 Å². The Hall–Kier alpha value is -2.30. The minimum atomic E-state index is -1.25. The smallest absolute Gasteiger partial charge is 0.164 e. The van der Waals surface area contributed by atoms with E-state index < -0.39 is 42.6 Å². The van der Waals surface area contributed by atoms with Gasteiger partial charge in [0.15, 0.2) is 12.0 Å². The fourth-order valence-corrected chi connectivity index (χ4v) is 5.17. The molecule has 10 heteroatoms. The summed E-state index contributed by atoms with van der Waals surface area (Å²) in [6, 6.07) is 7.02. The second kappa shape index (κ2) is 7.10. The molecule has 0 aliphatic carbocycles. The van der Waals surface area contributed by atoms with Gasteiger partial charge in [-0.25, -0.2) is 14.4 Å². The molecule has 2 aromatic heterocycles. The Morgan fingerprint density at radius 1 is 1.12 bits per heavy atom. The molecule has 8 nitrogen and oxygen atoms in total. The van der Waals surface area contributed by atoms with E-state index in [9.17, 15) is 4.39 Å². The summed E-state index contributed by atoms with van der Waals surface area (Å²) in [5, 5.41) is 1.20. The van der Waals surface area contributed by atoms with Crippen LogP contribution in [-0.2, 0) is 18.9 Å². The minimum absolute atomic E-state index is 0.0830. The van der Waals surface area contributed by atoms with Gasteiger partial charge in [0.25, 0.3) is 0 Å². The van der Waals surface area contributed by atoms with Crippen molar-refractivity contribution in [2.75, 3.05) is 12.3 Å². The normalized spacial score (nSPS) is 33.4. The van der Waals surface area contributed by atoms with Crippen molar-refractivity contribution in [3.05, 3.63) is 52.9 Å². The van der Waals surface area contributed by atoms with Crippen molar-refractivity contribution in [3.8, 4) is 0 Å². The first-order valence-corrected chi connectivity index (χ1v) is 10.8. The van der Waals surface area contributed by atoms with E-state index in [4.69, 9.17) is 36.3 Å². The number of alkyl halides is 1. The standard InChI is InChI=1S/C22H22ClFN4O4/c1-22(2)31-17-16(15-11-4-3-10(23)7-13(11)14(24)8-29-15)30-21(18(17)32-22)28-6-5-12-19(25)26-9-27-20(12)28/h3-7,9,14-18,21H,8H2,1-2H3,(H2,25,26,27)/t14-,15-,16?,17-,18-,21-/m1/s1.